The van der Waals surface area contributed by atoms with E-state index in [0.29, 0.717) is 5.78 Å². The summed E-state index contributed by atoms with van der Waals surface area (Å²) in [4.78, 5) is 11.4. The van der Waals surface area contributed by atoms with Crippen molar-refractivity contribution in [2.45, 2.75) is 39.5 Å². The molecule has 2 heteroatoms. The van der Waals surface area contributed by atoms with Gasteiger partial charge in [0.25, 0.3) is 0 Å². The van der Waals surface area contributed by atoms with Crippen LogP contribution in [0.3, 0.4) is 0 Å². The Kier molecular flexibility index (Phi) is 3.32. The Balaban J connectivity index is 2.61. The van der Waals surface area contributed by atoms with E-state index in [4.69, 9.17) is 0 Å². The van der Waals surface area contributed by atoms with Gasteiger partial charge in [-0.1, -0.05) is 6.92 Å². The summed E-state index contributed by atoms with van der Waals surface area (Å²) in [6, 6.07) is 0. The van der Waals surface area contributed by atoms with Gasteiger partial charge in [-0.05, 0) is 31.8 Å². The monoisotopic (exact) mass is 167 g/mol. The van der Waals surface area contributed by atoms with Gasteiger partial charge in [-0.2, -0.15) is 0 Å². The van der Waals surface area contributed by atoms with Crippen molar-refractivity contribution in [3.05, 3.63) is 11.3 Å². The van der Waals surface area contributed by atoms with E-state index in [2.05, 4.69) is 19.2 Å². The topological polar surface area (TPSA) is 29.1 Å². The van der Waals surface area contributed by atoms with Gasteiger partial charge in [0, 0.05) is 13.0 Å². The molecule has 0 atom stereocenters. The van der Waals surface area contributed by atoms with Crippen LogP contribution >= 0.6 is 0 Å². The normalized spacial score (nSPS) is 18.3. The van der Waals surface area contributed by atoms with Gasteiger partial charge < -0.3 is 5.32 Å². The summed E-state index contributed by atoms with van der Waals surface area (Å²) in [6.07, 6.45) is 3.91. The Morgan fingerprint density at radius 1 is 1.42 bits per heavy atom. The molecule has 1 aliphatic carbocycles. The van der Waals surface area contributed by atoms with E-state index < -0.39 is 0 Å². The fourth-order valence-corrected chi connectivity index (χ4v) is 1.50. The molecular formula is C10H17NO. The summed E-state index contributed by atoms with van der Waals surface area (Å²) in [6.45, 7) is 5.07. The fraction of sp³-hybridized carbons (Fsp3) is 0.700. The molecule has 0 unspecified atom stereocenters. The Morgan fingerprint density at radius 3 is 2.75 bits per heavy atom. The maximum Gasteiger partial charge on any atom is 0.178 e. The van der Waals surface area contributed by atoms with Gasteiger partial charge in [0.2, 0.25) is 0 Å². The van der Waals surface area contributed by atoms with Gasteiger partial charge >= 0.3 is 0 Å². The van der Waals surface area contributed by atoms with Crippen molar-refractivity contribution in [3.63, 3.8) is 0 Å². The quantitative estimate of drug-likeness (QED) is 0.696. The zero-order valence-corrected chi connectivity index (χ0v) is 7.94. The van der Waals surface area contributed by atoms with Crippen LogP contribution < -0.4 is 5.32 Å². The van der Waals surface area contributed by atoms with Crippen molar-refractivity contribution >= 4 is 5.78 Å². The van der Waals surface area contributed by atoms with Crippen LogP contribution in [-0.4, -0.2) is 12.3 Å². The fourth-order valence-electron chi connectivity index (χ4n) is 1.50. The van der Waals surface area contributed by atoms with Gasteiger partial charge in [-0.15, -0.1) is 0 Å². The van der Waals surface area contributed by atoms with Crippen LogP contribution in [0.25, 0.3) is 0 Å². The second-order valence-corrected chi connectivity index (χ2v) is 3.36. The molecular weight excluding hydrogens is 150 g/mol. The van der Waals surface area contributed by atoms with Gasteiger partial charge in [0.05, 0.1) is 5.70 Å². The highest BCUT2D eigenvalue weighted by Gasteiger charge is 2.16. The first-order valence-electron chi connectivity index (χ1n) is 4.72. The van der Waals surface area contributed by atoms with Crippen LogP contribution in [0.4, 0.5) is 0 Å². The number of nitrogens with one attached hydrogen (secondary N) is 1. The van der Waals surface area contributed by atoms with Crippen molar-refractivity contribution in [1.82, 2.24) is 5.32 Å². The van der Waals surface area contributed by atoms with Gasteiger partial charge in [-0.3, -0.25) is 4.79 Å². The van der Waals surface area contributed by atoms with E-state index in [0.717, 1.165) is 37.9 Å². The summed E-state index contributed by atoms with van der Waals surface area (Å²) >= 11 is 0. The van der Waals surface area contributed by atoms with Crippen molar-refractivity contribution < 1.29 is 4.79 Å². The van der Waals surface area contributed by atoms with E-state index in [9.17, 15) is 4.79 Å². The van der Waals surface area contributed by atoms with Crippen molar-refractivity contribution in [1.29, 1.82) is 0 Å². The highest BCUT2D eigenvalue weighted by molar-refractivity contribution is 5.96. The number of carbonyl (C=O) groups excluding carboxylic acids is 1. The third kappa shape index (κ3) is 2.10. The van der Waals surface area contributed by atoms with E-state index >= 15 is 0 Å². The Hall–Kier alpha value is -0.790. The van der Waals surface area contributed by atoms with Crippen molar-refractivity contribution in [2.75, 3.05) is 6.54 Å². The molecule has 0 aromatic heterocycles. The molecule has 0 spiro atoms. The number of hydrogen-bond donors (Lipinski definition) is 1. The Morgan fingerprint density at radius 2 is 2.17 bits per heavy atom. The van der Waals surface area contributed by atoms with Crippen LogP contribution in [-0.2, 0) is 4.79 Å². The molecule has 0 aliphatic heterocycles. The molecule has 1 rings (SSSR count). The summed E-state index contributed by atoms with van der Waals surface area (Å²) in [5, 5.41) is 3.20. The molecule has 0 bridgehead atoms. The SMILES string of the molecule is CCCNC1=C(C)CCCC1=O. The van der Waals surface area contributed by atoms with Crippen LogP contribution in [0.1, 0.15) is 39.5 Å². The van der Waals surface area contributed by atoms with Crippen molar-refractivity contribution in [3.8, 4) is 0 Å². The molecule has 0 fully saturated rings. The predicted molar refractivity (Wildman–Crippen MR) is 49.9 cm³/mol. The first kappa shape index (κ1) is 9.30. The van der Waals surface area contributed by atoms with Gasteiger partial charge in [-0.25, -0.2) is 0 Å². The summed E-state index contributed by atoms with van der Waals surface area (Å²) in [5.74, 6) is 0.298. The molecule has 12 heavy (non-hydrogen) atoms. The number of carbonyl (C=O) groups is 1. The molecule has 0 saturated carbocycles. The number of ketones is 1. The smallest absolute Gasteiger partial charge is 0.178 e. The largest absolute Gasteiger partial charge is 0.382 e. The molecule has 0 heterocycles. The first-order chi connectivity index (χ1) is 5.75. The van der Waals surface area contributed by atoms with E-state index in [-0.39, 0.29) is 0 Å². The molecule has 2 nitrogen and oxygen atoms in total. The Bertz CT molecular complexity index is 206. The highest BCUT2D eigenvalue weighted by atomic mass is 16.1. The molecule has 68 valence electrons. The first-order valence-corrected chi connectivity index (χ1v) is 4.72. The average molecular weight is 167 g/mol. The molecule has 1 N–H and O–H groups in total. The lowest BCUT2D eigenvalue weighted by atomic mass is 9.96. The minimum absolute atomic E-state index is 0.298. The number of rotatable bonds is 3. The van der Waals surface area contributed by atoms with Gasteiger partial charge in [0.1, 0.15) is 0 Å². The molecule has 0 saturated heterocycles. The molecule has 0 amide bonds. The van der Waals surface area contributed by atoms with Crippen LogP contribution in [0.15, 0.2) is 11.3 Å². The standard InChI is InChI=1S/C10H17NO/c1-3-7-11-10-8(2)5-4-6-9(10)12/h11H,3-7H2,1-2H3. The number of hydrogen-bond acceptors (Lipinski definition) is 2. The number of Topliss-reactive ketones (excluding diaryl/α,β-unsaturated/α-hetero) is 1. The Labute approximate surface area is 74.0 Å². The van der Waals surface area contributed by atoms with E-state index in [1.54, 1.807) is 0 Å². The summed E-state index contributed by atoms with van der Waals surface area (Å²) < 4.78 is 0. The van der Waals surface area contributed by atoms with Gasteiger partial charge in [0.15, 0.2) is 5.78 Å². The molecule has 0 aromatic rings. The predicted octanol–water partition coefficient (Wildman–Crippen LogP) is 2.01. The summed E-state index contributed by atoms with van der Waals surface area (Å²) in [7, 11) is 0. The minimum Gasteiger partial charge on any atom is -0.382 e. The molecule has 0 aromatic carbocycles. The highest BCUT2D eigenvalue weighted by Crippen LogP contribution is 2.19. The second kappa shape index (κ2) is 4.29. The van der Waals surface area contributed by atoms with E-state index in [1.165, 1.54) is 5.57 Å². The van der Waals surface area contributed by atoms with Crippen molar-refractivity contribution in [2.24, 2.45) is 0 Å². The van der Waals surface area contributed by atoms with Crippen LogP contribution in [0, 0.1) is 0 Å². The third-order valence-corrected chi connectivity index (χ3v) is 2.21. The molecule has 0 radical (unpaired) electrons. The maximum absolute atomic E-state index is 11.4. The minimum atomic E-state index is 0.298. The number of allylic oxidation sites excluding steroid dienone is 2. The van der Waals surface area contributed by atoms with Crippen LogP contribution in [0.2, 0.25) is 0 Å². The average Bonchev–Trinajstić information content (AvgIpc) is 2.04. The van der Waals surface area contributed by atoms with E-state index in [1.807, 2.05) is 0 Å². The second-order valence-electron chi connectivity index (χ2n) is 3.36. The lowest BCUT2D eigenvalue weighted by molar-refractivity contribution is -0.116. The lowest BCUT2D eigenvalue weighted by Crippen LogP contribution is -2.25. The molecule has 1 aliphatic rings. The zero-order valence-electron chi connectivity index (χ0n) is 7.94. The third-order valence-electron chi connectivity index (χ3n) is 2.21. The summed E-state index contributed by atoms with van der Waals surface area (Å²) in [5.41, 5.74) is 2.13. The lowest BCUT2D eigenvalue weighted by Gasteiger charge is -2.17. The maximum atomic E-state index is 11.4. The van der Waals surface area contributed by atoms with Crippen LogP contribution in [0.5, 0.6) is 0 Å². The zero-order chi connectivity index (χ0) is 8.97.